The number of rotatable bonds is 1. The molecule has 0 aromatic heterocycles. The Kier molecular flexibility index (Phi) is 2.74. The summed E-state index contributed by atoms with van der Waals surface area (Å²) in [6, 6.07) is 0. The van der Waals surface area contributed by atoms with Crippen molar-refractivity contribution in [3.8, 4) is 0 Å². The summed E-state index contributed by atoms with van der Waals surface area (Å²) in [7, 11) is 0. The molecule has 4 unspecified atom stereocenters. The third kappa shape index (κ3) is 2.06. The van der Waals surface area contributed by atoms with E-state index in [2.05, 4.69) is 0 Å². The van der Waals surface area contributed by atoms with Crippen molar-refractivity contribution >= 4 is 0 Å². The van der Waals surface area contributed by atoms with Gasteiger partial charge >= 0.3 is 0 Å². The van der Waals surface area contributed by atoms with Crippen LogP contribution in [0.2, 0.25) is 0 Å². The number of fused-ring (bicyclic) bond motifs is 1. The van der Waals surface area contributed by atoms with Crippen molar-refractivity contribution in [2.45, 2.75) is 70.0 Å². The fourth-order valence-corrected chi connectivity index (χ4v) is 2.67. The number of halogens is 1. The summed E-state index contributed by atoms with van der Waals surface area (Å²) in [6.07, 6.45) is -3.72. The maximum Gasteiger partial charge on any atom is 0.190 e. The van der Waals surface area contributed by atoms with Gasteiger partial charge in [0.25, 0.3) is 0 Å². The second-order valence-electron chi connectivity index (χ2n) is 5.88. The van der Waals surface area contributed by atoms with Crippen LogP contribution in [0.25, 0.3) is 0 Å². The molecule has 18 heavy (non-hydrogen) atoms. The van der Waals surface area contributed by atoms with Crippen molar-refractivity contribution in [2.75, 3.05) is 6.61 Å². The monoisotopic (exact) mass is 262 g/mol. The minimum atomic E-state index is -1.26. The Morgan fingerprint density at radius 2 is 1.67 bits per heavy atom. The van der Waals surface area contributed by atoms with Gasteiger partial charge < -0.3 is 23.7 Å². The topological polar surface area (TPSA) is 46.2 Å². The van der Waals surface area contributed by atoms with Crippen molar-refractivity contribution in [1.29, 1.82) is 0 Å². The fourth-order valence-electron chi connectivity index (χ4n) is 2.67. The lowest BCUT2D eigenvalue weighted by Gasteiger charge is -2.25. The molecular formula is C12H19FO5. The van der Waals surface area contributed by atoms with Crippen LogP contribution >= 0.6 is 0 Å². The molecule has 3 saturated heterocycles. The molecule has 0 N–H and O–H groups in total. The molecule has 3 aliphatic heterocycles. The third-order valence-corrected chi connectivity index (χ3v) is 3.40. The zero-order valence-corrected chi connectivity index (χ0v) is 11.0. The van der Waals surface area contributed by atoms with Crippen LogP contribution in [0.4, 0.5) is 4.39 Å². The van der Waals surface area contributed by atoms with Gasteiger partial charge in [-0.05, 0) is 27.7 Å². The summed E-state index contributed by atoms with van der Waals surface area (Å²) in [5.41, 5.74) is 0. The van der Waals surface area contributed by atoms with E-state index in [0.717, 1.165) is 0 Å². The van der Waals surface area contributed by atoms with E-state index in [9.17, 15) is 4.39 Å². The van der Waals surface area contributed by atoms with E-state index in [1.54, 1.807) is 27.7 Å². The second-order valence-corrected chi connectivity index (χ2v) is 5.88. The first-order chi connectivity index (χ1) is 8.27. The lowest BCUT2D eigenvalue weighted by Crippen LogP contribution is -2.40. The highest BCUT2D eigenvalue weighted by molar-refractivity contribution is 4.97. The van der Waals surface area contributed by atoms with E-state index < -0.39 is 42.3 Å². The van der Waals surface area contributed by atoms with Crippen molar-refractivity contribution in [1.82, 2.24) is 0 Å². The predicted molar refractivity (Wildman–Crippen MR) is 58.5 cm³/mol. The largest absolute Gasteiger partial charge is 0.348 e. The quantitative estimate of drug-likeness (QED) is 0.714. The minimum absolute atomic E-state index is 0.320. The van der Waals surface area contributed by atoms with Gasteiger partial charge in [-0.1, -0.05) is 0 Å². The molecule has 0 saturated carbocycles. The SMILES string of the molecule is CC1(C)OCC(C2OC3OC(C)(C)O[C@@H]3C2F)O1. The summed E-state index contributed by atoms with van der Waals surface area (Å²) in [5, 5.41) is 0. The summed E-state index contributed by atoms with van der Waals surface area (Å²) in [5.74, 6) is -1.48. The number of ether oxygens (including phenoxy) is 5. The molecular weight excluding hydrogens is 243 g/mol. The molecule has 0 amide bonds. The van der Waals surface area contributed by atoms with E-state index in [4.69, 9.17) is 23.7 Å². The highest BCUT2D eigenvalue weighted by atomic mass is 19.1. The highest BCUT2D eigenvalue weighted by Gasteiger charge is 2.58. The summed E-state index contributed by atoms with van der Waals surface area (Å²) >= 11 is 0. The maximum absolute atomic E-state index is 14.3. The van der Waals surface area contributed by atoms with Crippen molar-refractivity contribution < 1.29 is 28.1 Å². The van der Waals surface area contributed by atoms with E-state index >= 15 is 0 Å². The van der Waals surface area contributed by atoms with Crippen LogP contribution in [-0.4, -0.2) is 49.0 Å². The Morgan fingerprint density at radius 1 is 0.944 bits per heavy atom. The van der Waals surface area contributed by atoms with Crippen LogP contribution in [-0.2, 0) is 23.7 Å². The molecule has 3 aliphatic rings. The summed E-state index contributed by atoms with van der Waals surface area (Å²) in [6.45, 7) is 7.41. The lowest BCUT2D eigenvalue weighted by molar-refractivity contribution is -0.227. The van der Waals surface area contributed by atoms with Crippen LogP contribution in [0.1, 0.15) is 27.7 Å². The van der Waals surface area contributed by atoms with E-state index in [1.807, 2.05) is 0 Å². The molecule has 0 spiro atoms. The predicted octanol–water partition coefficient (Wildman–Crippen LogP) is 1.35. The molecule has 0 radical (unpaired) electrons. The van der Waals surface area contributed by atoms with Gasteiger partial charge in [-0.2, -0.15) is 0 Å². The van der Waals surface area contributed by atoms with E-state index in [-0.39, 0.29) is 0 Å². The Labute approximate surface area is 105 Å². The van der Waals surface area contributed by atoms with Crippen LogP contribution in [0.3, 0.4) is 0 Å². The Balaban J connectivity index is 1.68. The normalized spacial score (nSPS) is 49.5. The van der Waals surface area contributed by atoms with Gasteiger partial charge in [0.05, 0.1) is 6.61 Å². The van der Waals surface area contributed by atoms with Gasteiger partial charge in [0.15, 0.2) is 24.0 Å². The molecule has 3 heterocycles. The lowest BCUT2D eigenvalue weighted by atomic mass is 10.1. The first-order valence-corrected chi connectivity index (χ1v) is 6.24. The van der Waals surface area contributed by atoms with Crippen molar-refractivity contribution in [3.05, 3.63) is 0 Å². The molecule has 0 bridgehead atoms. The average molecular weight is 262 g/mol. The second kappa shape index (κ2) is 3.86. The molecule has 3 fully saturated rings. The smallest absolute Gasteiger partial charge is 0.190 e. The molecule has 5 atom stereocenters. The van der Waals surface area contributed by atoms with Gasteiger partial charge in [0.2, 0.25) is 0 Å². The van der Waals surface area contributed by atoms with Gasteiger partial charge in [-0.15, -0.1) is 0 Å². The van der Waals surface area contributed by atoms with E-state index in [1.165, 1.54) is 0 Å². The standard InChI is InChI=1S/C12H19FO5/c1-11(2)14-5-6(16-11)8-7(13)9-10(15-8)18-12(3,4)17-9/h6-10H,5H2,1-4H3/t6?,7?,8?,9-,10?/m1/s1. The average Bonchev–Trinajstić information content (AvgIpc) is 2.81. The van der Waals surface area contributed by atoms with Gasteiger partial charge in [-0.3, -0.25) is 0 Å². The van der Waals surface area contributed by atoms with Crippen LogP contribution < -0.4 is 0 Å². The van der Waals surface area contributed by atoms with Gasteiger partial charge in [0.1, 0.15) is 18.3 Å². The Bertz CT molecular complexity index is 345. The molecule has 3 rings (SSSR count). The fraction of sp³-hybridized carbons (Fsp3) is 1.00. The molecule has 6 heteroatoms. The van der Waals surface area contributed by atoms with Crippen LogP contribution in [0.15, 0.2) is 0 Å². The van der Waals surface area contributed by atoms with E-state index in [0.29, 0.717) is 6.61 Å². The molecule has 0 aromatic rings. The van der Waals surface area contributed by atoms with Crippen molar-refractivity contribution in [3.63, 3.8) is 0 Å². The molecule has 104 valence electrons. The minimum Gasteiger partial charge on any atom is -0.348 e. The molecule has 0 aliphatic carbocycles. The summed E-state index contributed by atoms with van der Waals surface area (Å²) < 4.78 is 42.0. The highest BCUT2D eigenvalue weighted by Crippen LogP contribution is 2.41. The first-order valence-electron chi connectivity index (χ1n) is 6.24. The van der Waals surface area contributed by atoms with Crippen LogP contribution in [0.5, 0.6) is 0 Å². The van der Waals surface area contributed by atoms with Gasteiger partial charge in [-0.25, -0.2) is 4.39 Å². The maximum atomic E-state index is 14.3. The van der Waals surface area contributed by atoms with Crippen LogP contribution in [0, 0.1) is 0 Å². The number of alkyl halides is 1. The molecule has 5 nitrogen and oxygen atoms in total. The zero-order valence-electron chi connectivity index (χ0n) is 11.0. The van der Waals surface area contributed by atoms with Gasteiger partial charge in [0, 0.05) is 0 Å². The van der Waals surface area contributed by atoms with Crippen molar-refractivity contribution in [2.24, 2.45) is 0 Å². The zero-order chi connectivity index (χ0) is 13.1. The number of hydrogen-bond donors (Lipinski definition) is 0. The molecule has 0 aromatic carbocycles. The Morgan fingerprint density at radius 3 is 2.22 bits per heavy atom. The third-order valence-electron chi connectivity index (χ3n) is 3.40. The number of hydrogen-bond acceptors (Lipinski definition) is 5. The Hall–Kier alpha value is -0.270. The summed E-state index contributed by atoms with van der Waals surface area (Å²) in [4.78, 5) is 0. The first kappa shape index (κ1) is 12.7.